The summed E-state index contributed by atoms with van der Waals surface area (Å²) in [4.78, 5) is 5.48. The lowest BCUT2D eigenvalue weighted by Gasteiger charge is -2.46. The molecule has 0 atom stereocenters. The molecule has 1 aromatic heterocycles. The maximum atomic E-state index is 2.75. The molecule has 19 aromatic rings. The molecule has 18 aromatic carbocycles. The smallest absolute Gasteiger partial charge is 0.252 e. The molecule has 0 N–H and O–H groups in total. The number of rotatable bonds is 11. The average molecular weight is 1490 g/mol. The minimum Gasteiger partial charge on any atom is -0.310 e. The molecule has 554 valence electrons. The molecule has 0 unspecified atom stereocenters. The van der Waals surface area contributed by atoms with Gasteiger partial charge >= 0.3 is 0 Å². The Bertz CT molecular complexity index is 6910. The molecule has 0 bridgehead atoms. The van der Waals surface area contributed by atoms with Gasteiger partial charge in [-0.3, -0.25) is 0 Å². The fourth-order valence-electron chi connectivity index (χ4n) is 19.0. The fraction of sp³-hybridized carbons (Fsp3) is 0.107. The Kier molecular flexibility index (Phi) is 16.4. The van der Waals surface area contributed by atoms with Gasteiger partial charge in [0, 0.05) is 61.5 Å². The lowest BCUT2D eigenvalue weighted by molar-refractivity contribution is 0.590. The van der Waals surface area contributed by atoms with Crippen LogP contribution < -0.4 is 26.2 Å². The van der Waals surface area contributed by atoms with E-state index in [1.807, 2.05) is 0 Å². The van der Waals surface area contributed by atoms with Crippen LogP contribution in [0, 0.1) is 0 Å². The van der Waals surface area contributed by atoms with Gasteiger partial charge in [-0.2, -0.15) is 0 Å². The number of aromatic nitrogens is 1. The van der Waals surface area contributed by atoms with Gasteiger partial charge in [-0.25, -0.2) is 0 Å². The van der Waals surface area contributed by atoms with Crippen molar-refractivity contribution in [3.8, 4) is 94.7 Å². The zero-order chi connectivity index (χ0) is 78.5. The second-order valence-electron chi connectivity index (χ2n) is 35.2. The lowest BCUT2D eigenvalue weighted by Crippen LogP contribution is -2.61. The van der Waals surface area contributed by atoms with Gasteiger partial charge in [0.2, 0.25) is 0 Å². The highest BCUT2D eigenvalue weighted by molar-refractivity contribution is 7.00. The van der Waals surface area contributed by atoms with Gasteiger partial charge in [-0.05, 0) is 227 Å². The standard InChI is InChI=1S/C112H88BN3/c1-110(2,3)85-53-50-73(51-54-85)83-67-103-107-104(68-83)116(109-94(76-40-24-14-25-41-76)63-82(72-34-18-11-19-35-72)64-95(109)77-42-26-15-27-43-77)102-70-88(114-99-46-30-28-44-89(99)90-45-29-31-47-100(90)114)55-57-98(102)113(107)97-56-52-78(91-65-84-60-86(111(4,5)6)58-79-48-49-80-59-87(112(7,8)9)69-96(91)106(80)105(79)84)66-101(97)115(103)108-92(74-36-20-12-21-37-74)61-81(71-32-16-10-17-33-71)62-93(108)75-38-22-13-23-39-75/h10-70H,1-9H3. The van der Waals surface area contributed by atoms with Gasteiger partial charge in [0.05, 0.1) is 22.4 Å². The number of para-hydroxylation sites is 2. The van der Waals surface area contributed by atoms with Gasteiger partial charge < -0.3 is 14.4 Å². The number of hydrogen-bond acceptors (Lipinski definition) is 2. The van der Waals surface area contributed by atoms with Crippen LogP contribution in [0.15, 0.2) is 370 Å². The Morgan fingerprint density at radius 2 is 0.578 bits per heavy atom. The minimum atomic E-state index is -0.302. The van der Waals surface area contributed by atoms with Crippen LogP contribution in [0.2, 0.25) is 0 Å². The molecule has 3 heterocycles. The van der Waals surface area contributed by atoms with Gasteiger partial charge in [0.25, 0.3) is 6.71 Å². The Morgan fingerprint density at radius 1 is 0.224 bits per heavy atom. The van der Waals surface area contributed by atoms with Crippen LogP contribution in [0.3, 0.4) is 0 Å². The highest BCUT2D eigenvalue weighted by Crippen LogP contribution is 2.57. The van der Waals surface area contributed by atoms with E-state index in [-0.39, 0.29) is 23.0 Å². The Hall–Kier alpha value is -13.5. The summed E-state index contributed by atoms with van der Waals surface area (Å²) in [6.07, 6.45) is 0. The summed E-state index contributed by atoms with van der Waals surface area (Å²) in [6, 6.07) is 142. The molecule has 2 aliphatic rings. The topological polar surface area (TPSA) is 11.4 Å². The van der Waals surface area contributed by atoms with Crippen LogP contribution >= 0.6 is 0 Å². The molecule has 21 rings (SSSR count). The van der Waals surface area contributed by atoms with Gasteiger partial charge in [0.15, 0.2) is 0 Å². The minimum absolute atomic E-state index is 0.0847. The predicted molar refractivity (Wildman–Crippen MR) is 498 cm³/mol. The Balaban J connectivity index is 0.959. The highest BCUT2D eigenvalue weighted by Gasteiger charge is 2.46. The molecule has 0 amide bonds. The summed E-state index contributed by atoms with van der Waals surface area (Å²) in [5, 5.41) is 10.1. The van der Waals surface area contributed by atoms with Crippen molar-refractivity contribution in [1.29, 1.82) is 0 Å². The summed E-state index contributed by atoms with van der Waals surface area (Å²) >= 11 is 0. The fourth-order valence-corrected chi connectivity index (χ4v) is 19.0. The number of benzene rings is 18. The summed E-state index contributed by atoms with van der Waals surface area (Å²) in [5.41, 5.74) is 35.5. The van der Waals surface area contributed by atoms with Crippen LogP contribution in [0.5, 0.6) is 0 Å². The van der Waals surface area contributed by atoms with E-state index in [2.05, 4.69) is 447 Å². The SMILES string of the molecule is CC(C)(C)c1ccc(-c2cc3c4c(c2)N(c2c(-c5ccccc5)cc(-c5ccccc5)cc2-c2ccccc2)c2cc(-n5c6ccccc6c6ccccc65)ccc2B4c2ccc(-c4cc5cc(C(C)(C)C)cc6ccc7cc(C(C)(C)C)cc4c7c65)cc2N3c2c(-c3ccccc3)cc(-c3ccccc3)cc2-c2ccccc2)cc1. The van der Waals surface area contributed by atoms with Crippen molar-refractivity contribution in [3.63, 3.8) is 0 Å². The third-order valence-electron chi connectivity index (χ3n) is 24.9. The van der Waals surface area contributed by atoms with Crippen LogP contribution in [-0.4, -0.2) is 11.3 Å². The first-order valence-electron chi connectivity index (χ1n) is 41.1. The number of fused-ring (bicyclic) bond motifs is 7. The summed E-state index contributed by atoms with van der Waals surface area (Å²) < 4.78 is 2.51. The molecule has 116 heavy (non-hydrogen) atoms. The van der Waals surface area contributed by atoms with Crippen molar-refractivity contribution in [2.24, 2.45) is 0 Å². The third-order valence-corrected chi connectivity index (χ3v) is 24.9. The molecular formula is C112H88BN3. The van der Waals surface area contributed by atoms with Crippen molar-refractivity contribution in [3.05, 3.63) is 387 Å². The summed E-state index contributed by atoms with van der Waals surface area (Å²) in [6.45, 7) is 20.8. The average Bonchev–Trinajstić information content (AvgIpc) is 0.702. The molecule has 4 heteroatoms. The van der Waals surface area contributed by atoms with Crippen LogP contribution in [0.25, 0.3) is 149 Å². The zero-order valence-electron chi connectivity index (χ0n) is 67.1. The van der Waals surface area contributed by atoms with Crippen molar-refractivity contribution >= 4 is 111 Å². The van der Waals surface area contributed by atoms with E-state index in [0.29, 0.717) is 0 Å². The predicted octanol–water partition coefficient (Wildman–Crippen LogP) is 29.0. The van der Waals surface area contributed by atoms with Gasteiger partial charge in [-0.15, -0.1) is 0 Å². The molecule has 0 fully saturated rings. The third kappa shape index (κ3) is 11.7. The number of hydrogen-bond donors (Lipinski definition) is 0. The van der Waals surface area contributed by atoms with Crippen LogP contribution in [0.4, 0.5) is 34.1 Å². The zero-order valence-corrected chi connectivity index (χ0v) is 67.1. The second-order valence-corrected chi connectivity index (χ2v) is 35.2. The molecule has 0 aliphatic carbocycles. The number of nitrogens with zero attached hydrogens (tertiary/aromatic N) is 3. The highest BCUT2D eigenvalue weighted by atomic mass is 15.2. The molecule has 3 nitrogen and oxygen atoms in total. The quantitative estimate of drug-likeness (QED) is 0.0944. The molecule has 0 saturated carbocycles. The van der Waals surface area contributed by atoms with E-state index in [1.54, 1.807) is 0 Å². The van der Waals surface area contributed by atoms with Gasteiger partial charge in [-0.1, -0.05) is 353 Å². The summed E-state index contributed by atoms with van der Waals surface area (Å²) in [5.74, 6) is 0. The lowest BCUT2D eigenvalue weighted by atomic mass is 9.33. The molecule has 0 saturated heterocycles. The molecule has 2 aliphatic heterocycles. The van der Waals surface area contributed by atoms with Crippen LogP contribution in [0.1, 0.15) is 79.0 Å². The largest absolute Gasteiger partial charge is 0.310 e. The molecular weight excluding hydrogens is 1400 g/mol. The van der Waals surface area contributed by atoms with E-state index in [4.69, 9.17) is 0 Å². The number of anilines is 6. The van der Waals surface area contributed by atoms with E-state index < -0.39 is 0 Å². The van der Waals surface area contributed by atoms with Gasteiger partial charge in [0.1, 0.15) is 0 Å². The first-order chi connectivity index (χ1) is 56.4. The molecule has 0 spiro atoms. The Morgan fingerprint density at radius 3 is 1.03 bits per heavy atom. The van der Waals surface area contributed by atoms with E-state index in [9.17, 15) is 0 Å². The van der Waals surface area contributed by atoms with Crippen molar-refractivity contribution in [1.82, 2.24) is 4.57 Å². The van der Waals surface area contributed by atoms with Crippen molar-refractivity contribution in [2.45, 2.75) is 78.6 Å². The van der Waals surface area contributed by atoms with E-state index >= 15 is 0 Å². The maximum absolute atomic E-state index is 2.75. The first kappa shape index (κ1) is 70.3. The molecule has 0 radical (unpaired) electrons. The normalized spacial score (nSPS) is 12.8. The second kappa shape index (κ2) is 27.1. The monoisotopic (exact) mass is 1490 g/mol. The first-order valence-corrected chi connectivity index (χ1v) is 41.1. The van der Waals surface area contributed by atoms with E-state index in [1.165, 1.54) is 81.7 Å². The Labute approximate surface area is 681 Å². The summed E-state index contributed by atoms with van der Waals surface area (Å²) in [7, 11) is 0. The maximum Gasteiger partial charge on any atom is 0.252 e. The van der Waals surface area contributed by atoms with Crippen molar-refractivity contribution in [2.75, 3.05) is 9.80 Å². The van der Waals surface area contributed by atoms with Crippen LogP contribution in [-0.2, 0) is 16.2 Å². The van der Waals surface area contributed by atoms with Crippen molar-refractivity contribution < 1.29 is 0 Å². The van der Waals surface area contributed by atoms with E-state index in [0.717, 1.165) is 134 Å².